The quantitative estimate of drug-likeness (QED) is 0.716. The molecule has 8 heteroatoms. The van der Waals surface area contributed by atoms with Crippen LogP contribution in [-0.2, 0) is 11.3 Å². The number of nitrogens with zero attached hydrogens (tertiary/aromatic N) is 3. The molecule has 0 radical (unpaired) electrons. The highest BCUT2D eigenvalue weighted by Crippen LogP contribution is 2.14. The number of aromatic nitrogens is 3. The molecule has 0 bridgehead atoms. The number of pyridine rings is 1. The van der Waals surface area contributed by atoms with Crippen molar-refractivity contribution >= 4 is 23.1 Å². The molecule has 0 fully saturated rings. The Kier molecular flexibility index (Phi) is 4.11. The number of hydrogen-bond donors (Lipinski definition) is 2. The molecule has 3 N–H and O–H groups in total. The normalized spacial score (nSPS) is 10.7. The van der Waals surface area contributed by atoms with Gasteiger partial charge < -0.3 is 11.1 Å². The Labute approximate surface area is 136 Å². The minimum absolute atomic E-state index is 0.0386. The summed E-state index contributed by atoms with van der Waals surface area (Å²) in [6.07, 6.45) is 1.65. The van der Waals surface area contributed by atoms with Crippen LogP contribution >= 0.6 is 0 Å². The fraction of sp³-hybridized carbons (Fsp3) is 0.125. The van der Waals surface area contributed by atoms with E-state index in [4.69, 9.17) is 5.73 Å². The summed E-state index contributed by atoms with van der Waals surface area (Å²) in [6, 6.07) is 11.7. The molecule has 122 valence electrons. The second kappa shape index (κ2) is 6.37. The van der Waals surface area contributed by atoms with Gasteiger partial charge in [0.2, 0.25) is 5.91 Å². The van der Waals surface area contributed by atoms with Gasteiger partial charge in [-0.25, -0.2) is 9.48 Å². The van der Waals surface area contributed by atoms with E-state index in [0.717, 1.165) is 0 Å². The van der Waals surface area contributed by atoms with Gasteiger partial charge in [-0.2, -0.15) is 0 Å². The molecule has 8 nitrogen and oxygen atoms in total. The maximum absolute atomic E-state index is 12.1. The zero-order valence-electron chi connectivity index (χ0n) is 12.7. The molecular weight excluding hydrogens is 310 g/mol. The van der Waals surface area contributed by atoms with Gasteiger partial charge in [0, 0.05) is 12.6 Å². The molecule has 0 aliphatic carbocycles. The van der Waals surface area contributed by atoms with Crippen LogP contribution in [0.5, 0.6) is 0 Å². The lowest BCUT2D eigenvalue weighted by Gasteiger charge is -2.08. The molecule has 0 saturated heterocycles. The molecule has 3 aromatic rings. The molecule has 0 aliphatic rings. The third-order valence-corrected chi connectivity index (χ3v) is 3.51. The number of amides is 2. The first-order chi connectivity index (χ1) is 11.6. The Morgan fingerprint density at radius 3 is 2.62 bits per heavy atom. The maximum atomic E-state index is 12.1. The van der Waals surface area contributed by atoms with Crippen LogP contribution < -0.4 is 16.7 Å². The standard InChI is InChI=1S/C16H15N5O3/c17-15(23)11-5-1-2-6-12(11)18-14(22)8-10-21-16(24)20-9-4-3-7-13(20)19-21/h1-7,9H,8,10H2,(H2,17,23)(H,18,22). The smallest absolute Gasteiger partial charge is 0.350 e. The Hall–Kier alpha value is -3.42. The zero-order chi connectivity index (χ0) is 17.1. The highest BCUT2D eigenvalue weighted by atomic mass is 16.2. The van der Waals surface area contributed by atoms with Gasteiger partial charge in [0.1, 0.15) is 0 Å². The molecule has 2 amide bonds. The van der Waals surface area contributed by atoms with Crippen LogP contribution in [0.2, 0.25) is 0 Å². The minimum Gasteiger partial charge on any atom is -0.366 e. The summed E-state index contributed by atoms with van der Waals surface area (Å²) in [5.41, 5.74) is 6.05. The van der Waals surface area contributed by atoms with Gasteiger partial charge in [-0.05, 0) is 24.3 Å². The summed E-state index contributed by atoms with van der Waals surface area (Å²) in [5, 5.41) is 6.78. The third-order valence-electron chi connectivity index (χ3n) is 3.51. The Morgan fingerprint density at radius 1 is 1.12 bits per heavy atom. The Bertz CT molecular complexity index is 973. The highest BCUT2D eigenvalue weighted by molar-refractivity contribution is 6.02. The average Bonchev–Trinajstić information content (AvgIpc) is 2.90. The Morgan fingerprint density at radius 2 is 1.88 bits per heavy atom. The van der Waals surface area contributed by atoms with E-state index in [1.165, 1.54) is 15.1 Å². The number of hydrogen-bond acceptors (Lipinski definition) is 4. The number of aryl methyl sites for hydroxylation is 1. The largest absolute Gasteiger partial charge is 0.366 e. The van der Waals surface area contributed by atoms with Crippen molar-refractivity contribution in [1.29, 1.82) is 0 Å². The van der Waals surface area contributed by atoms with Crippen molar-refractivity contribution in [2.75, 3.05) is 5.32 Å². The number of carbonyl (C=O) groups excluding carboxylic acids is 2. The van der Waals surface area contributed by atoms with E-state index in [-0.39, 0.29) is 30.1 Å². The van der Waals surface area contributed by atoms with Crippen LogP contribution in [0.15, 0.2) is 53.5 Å². The number of nitrogens with one attached hydrogen (secondary N) is 1. The third kappa shape index (κ3) is 3.02. The topological polar surface area (TPSA) is 111 Å². The van der Waals surface area contributed by atoms with Crippen LogP contribution in [0.1, 0.15) is 16.8 Å². The van der Waals surface area contributed by atoms with Gasteiger partial charge in [0.05, 0.1) is 17.8 Å². The number of fused-ring (bicyclic) bond motifs is 1. The van der Waals surface area contributed by atoms with Gasteiger partial charge in [-0.1, -0.05) is 18.2 Å². The van der Waals surface area contributed by atoms with E-state index >= 15 is 0 Å². The van der Waals surface area contributed by atoms with Crippen LogP contribution in [-0.4, -0.2) is 26.0 Å². The van der Waals surface area contributed by atoms with E-state index < -0.39 is 5.91 Å². The molecule has 3 rings (SSSR count). The fourth-order valence-electron chi connectivity index (χ4n) is 2.34. The number of para-hydroxylation sites is 1. The van der Waals surface area contributed by atoms with E-state index in [1.54, 1.807) is 42.6 Å². The van der Waals surface area contributed by atoms with E-state index in [2.05, 4.69) is 10.4 Å². The molecule has 2 heterocycles. The zero-order valence-corrected chi connectivity index (χ0v) is 12.7. The number of primary amides is 1. The predicted octanol–water partition coefficient (Wildman–Crippen LogP) is 0.624. The summed E-state index contributed by atoms with van der Waals surface area (Å²) in [4.78, 5) is 35.5. The fourth-order valence-corrected chi connectivity index (χ4v) is 2.34. The minimum atomic E-state index is -0.623. The average molecular weight is 325 g/mol. The second-order valence-electron chi connectivity index (χ2n) is 5.14. The van der Waals surface area contributed by atoms with Gasteiger partial charge in [0.15, 0.2) is 5.65 Å². The predicted molar refractivity (Wildman–Crippen MR) is 87.7 cm³/mol. The van der Waals surface area contributed by atoms with Gasteiger partial charge in [-0.15, -0.1) is 5.10 Å². The number of carbonyl (C=O) groups is 2. The molecular formula is C16H15N5O3. The second-order valence-corrected chi connectivity index (χ2v) is 5.14. The van der Waals surface area contributed by atoms with Crippen molar-refractivity contribution < 1.29 is 9.59 Å². The van der Waals surface area contributed by atoms with Gasteiger partial charge >= 0.3 is 5.69 Å². The van der Waals surface area contributed by atoms with Crippen LogP contribution in [0.4, 0.5) is 5.69 Å². The summed E-state index contributed by atoms with van der Waals surface area (Å²) in [7, 11) is 0. The Balaban J connectivity index is 1.71. The molecule has 0 spiro atoms. The number of nitrogens with two attached hydrogens (primary N) is 1. The van der Waals surface area contributed by atoms with Crippen LogP contribution in [0, 0.1) is 0 Å². The molecule has 0 aliphatic heterocycles. The van der Waals surface area contributed by atoms with Crippen LogP contribution in [0.3, 0.4) is 0 Å². The summed E-state index contributed by atoms with van der Waals surface area (Å²) in [6.45, 7) is 0.130. The first-order valence-electron chi connectivity index (χ1n) is 7.29. The number of benzene rings is 1. The monoisotopic (exact) mass is 325 g/mol. The van der Waals surface area contributed by atoms with Crippen molar-refractivity contribution in [3.05, 3.63) is 64.7 Å². The molecule has 0 unspecified atom stereocenters. The molecule has 24 heavy (non-hydrogen) atoms. The van der Waals surface area contributed by atoms with Crippen LogP contribution in [0.25, 0.3) is 5.65 Å². The molecule has 0 saturated carbocycles. The summed E-state index contributed by atoms with van der Waals surface area (Å²) < 4.78 is 2.63. The van der Waals surface area contributed by atoms with Crippen molar-refractivity contribution in [2.45, 2.75) is 13.0 Å². The first-order valence-corrected chi connectivity index (χ1v) is 7.29. The van der Waals surface area contributed by atoms with Gasteiger partial charge in [-0.3, -0.25) is 14.0 Å². The lowest BCUT2D eigenvalue weighted by molar-refractivity contribution is -0.116. The van der Waals surface area contributed by atoms with Crippen molar-refractivity contribution in [1.82, 2.24) is 14.2 Å². The van der Waals surface area contributed by atoms with Crippen molar-refractivity contribution in [3.8, 4) is 0 Å². The lowest BCUT2D eigenvalue weighted by atomic mass is 10.1. The molecule has 1 aromatic carbocycles. The van der Waals surface area contributed by atoms with E-state index in [9.17, 15) is 14.4 Å². The first kappa shape index (κ1) is 15.5. The number of rotatable bonds is 5. The summed E-state index contributed by atoms with van der Waals surface area (Å²) in [5.74, 6) is -0.963. The van der Waals surface area contributed by atoms with E-state index in [1.807, 2.05) is 0 Å². The molecule has 2 aromatic heterocycles. The lowest BCUT2D eigenvalue weighted by Crippen LogP contribution is -2.24. The van der Waals surface area contributed by atoms with Crippen molar-refractivity contribution in [2.24, 2.45) is 5.73 Å². The maximum Gasteiger partial charge on any atom is 0.350 e. The van der Waals surface area contributed by atoms with E-state index in [0.29, 0.717) is 11.3 Å². The highest BCUT2D eigenvalue weighted by Gasteiger charge is 2.12. The van der Waals surface area contributed by atoms with Crippen molar-refractivity contribution in [3.63, 3.8) is 0 Å². The SMILES string of the molecule is NC(=O)c1ccccc1NC(=O)CCn1nc2ccccn2c1=O. The summed E-state index contributed by atoms with van der Waals surface area (Å²) >= 11 is 0. The number of anilines is 1. The van der Waals surface area contributed by atoms with Gasteiger partial charge in [0.25, 0.3) is 5.91 Å². The molecule has 0 atom stereocenters.